The van der Waals surface area contributed by atoms with Crippen molar-refractivity contribution in [3.8, 4) is 33.6 Å². The summed E-state index contributed by atoms with van der Waals surface area (Å²) in [6, 6.07) is 63.9. The maximum absolute atomic E-state index is 5.33. The van der Waals surface area contributed by atoms with Crippen molar-refractivity contribution in [1.82, 2.24) is 9.97 Å². The molecule has 4 nitrogen and oxygen atoms in total. The molecule has 2 aromatic heterocycles. The molecule has 4 heteroatoms. The van der Waals surface area contributed by atoms with Crippen LogP contribution in [0.1, 0.15) is 34.7 Å². The van der Waals surface area contributed by atoms with E-state index in [1.165, 1.54) is 33.0 Å². The highest BCUT2D eigenvalue weighted by Gasteiger charge is 2.23. The highest BCUT2D eigenvalue weighted by Crippen LogP contribution is 2.35. The summed E-state index contributed by atoms with van der Waals surface area (Å²) < 4.78 is 0. The topological polar surface area (TPSA) is 50.5 Å². The molecule has 55 heavy (non-hydrogen) atoms. The second kappa shape index (κ2) is 13.7. The first kappa shape index (κ1) is 32.6. The van der Waals surface area contributed by atoms with E-state index in [1.54, 1.807) is 0 Å². The van der Waals surface area contributed by atoms with E-state index in [1.807, 2.05) is 18.2 Å². The maximum Gasteiger partial charge on any atom is 0.155 e. The molecule has 0 spiro atoms. The smallest absolute Gasteiger partial charge is 0.155 e. The van der Waals surface area contributed by atoms with Gasteiger partial charge in [0.1, 0.15) is 0 Å². The third-order valence-corrected chi connectivity index (χ3v) is 10.7. The van der Waals surface area contributed by atoms with Crippen LogP contribution in [-0.4, -0.2) is 21.5 Å². The van der Waals surface area contributed by atoms with Gasteiger partial charge < -0.3 is 0 Å². The molecular formula is C51H36N4. The van der Waals surface area contributed by atoms with Crippen LogP contribution in [0.3, 0.4) is 0 Å². The van der Waals surface area contributed by atoms with E-state index in [9.17, 15) is 0 Å². The molecule has 0 saturated heterocycles. The lowest BCUT2D eigenvalue weighted by Gasteiger charge is -2.22. The average molecular weight is 705 g/mol. The standard InChI is InChI=1S/C51H36N4/c1-33-30-48(44-21-11-17-36-14-8-9-20-43(36)44)53-50-42(33)28-26-38-27-29-45(52-49(38)50)40-18-10-19-41(31-40)47-32-46(54-51(55-47)39-15-6-3-7-16-39)37-24-22-35(23-25-37)34-12-4-2-5-13-34/h2-31,46H,32H2,1H3. The number of fused-ring (bicyclic) bond motifs is 4. The van der Waals surface area contributed by atoms with E-state index in [2.05, 4.69) is 171 Å². The monoisotopic (exact) mass is 704 g/mol. The Morgan fingerprint density at radius 1 is 0.455 bits per heavy atom. The van der Waals surface area contributed by atoms with E-state index >= 15 is 0 Å². The lowest BCUT2D eigenvalue weighted by molar-refractivity contribution is 0.754. The molecule has 0 bridgehead atoms. The summed E-state index contributed by atoms with van der Waals surface area (Å²) in [6.07, 6.45) is 0.695. The van der Waals surface area contributed by atoms with Crippen LogP contribution in [0.4, 0.5) is 0 Å². The summed E-state index contributed by atoms with van der Waals surface area (Å²) in [4.78, 5) is 21.0. The Hall–Kier alpha value is -7.04. The maximum atomic E-state index is 5.33. The zero-order chi connectivity index (χ0) is 36.7. The number of rotatable bonds is 6. The first-order valence-electron chi connectivity index (χ1n) is 18.8. The number of aliphatic imine (C=N–C) groups is 2. The molecule has 0 fully saturated rings. The molecule has 1 atom stereocenters. The number of amidine groups is 1. The van der Waals surface area contributed by atoms with Crippen molar-refractivity contribution in [2.75, 3.05) is 0 Å². The molecule has 7 aromatic carbocycles. The van der Waals surface area contributed by atoms with Crippen molar-refractivity contribution in [1.29, 1.82) is 0 Å². The van der Waals surface area contributed by atoms with E-state index in [0.29, 0.717) is 6.42 Å². The number of benzene rings is 7. The van der Waals surface area contributed by atoms with Gasteiger partial charge in [0, 0.05) is 33.9 Å². The summed E-state index contributed by atoms with van der Waals surface area (Å²) >= 11 is 0. The van der Waals surface area contributed by atoms with Crippen LogP contribution in [0.15, 0.2) is 192 Å². The fourth-order valence-corrected chi connectivity index (χ4v) is 7.85. The van der Waals surface area contributed by atoms with E-state index < -0.39 is 0 Å². The predicted octanol–water partition coefficient (Wildman–Crippen LogP) is 12.6. The summed E-state index contributed by atoms with van der Waals surface area (Å²) in [5.41, 5.74) is 13.7. The molecule has 1 unspecified atom stereocenters. The minimum Gasteiger partial charge on any atom is -0.258 e. The summed E-state index contributed by atoms with van der Waals surface area (Å²) in [7, 11) is 0. The first-order chi connectivity index (χ1) is 27.1. The van der Waals surface area contributed by atoms with Crippen LogP contribution >= 0.6 is 0 Å². The SMILES string of the molecule is Cc1cc(-c2cccc3ccccc23)nc2c1ccc1ccc(-c3cccc(C4=NC(c5ccccc5)=NC(c5ccc(-c6ccccc6)cc5)C4)c3)nc12. The fourth-order valence-electron chi connectivity index (χ4n) is 7.85. The zero-order valence-electron chi connectivity index (χ0n) is 30.4. The second-order valence-electron chi connectivity index (χ2n) is 14.2. The number of aromatic nitrogens is 2. The normalized spacial score (nSPS) is 14.2. The van der Waals surface area contributed by atoms with Crippen LogP contribution in [0.25, 0.3) is 66.2 Å². The minimum absolute atomic E-state index is 0.0633. The Morgan fingerprint density at radius 3 is 1.95 bits per heavy atom. The van der Waals surface area contributed by atoms with Gasteiger partial charge in [-0.25, -0.2) is 15.0 Å². The van der Waals surface area contributed by atoms with Gasteiger partial charge in [0.15, 0.2) is 5.84 Å². The largest absolute Gasteiger partial charge is 0.258 e. The number of hydrogen-bond donors (Lipinski definition) is 0. The molecule has 0 saturated carbocycles. The van der Waals surface area contributed by atoms with E-state index in [0.717, 1.165) is 67.0 Å². The lowest BCUT2D eigenvalue weighted by atomic mass is 9.93. The molecular weight excluding hydrogens is 669 g/mol. The van der Waals surface area contributed by atoms with Gasteiger partial charge in [-0.3, -0.25) is 4.99 Å². The number of aryl methyl sites for hydroxylation is 1. The highest BCUT2D eigenvalue weighted by molar-refractivity contribution is 6.14. The van der Waals surface area contributed by atoms with Crippen molar-refractivity contribution < 1.29 is 0 Å². The van der Waals surface area contributed by atoms with Crippen molar-refractivity contribution in [3.63, 3.8) is 0 Å². The van der Waals surface area contributed by atoms with Gasteiger partial charge in [0.2, 0.25) is 0 Å². The Labute approximate surface area is 320 Å². The molecule has 10 rings (SSSR count). The molecule has 0 aliphatic carbocycles. The van der Waals surface area contributed by atoms with Gasteiger partial charge in [0.05, 0.1) is 34.2 Å². The van der Waals surface area contributed by atoms with Crippen molar-refractivity contribution in [3.05, 3.63) is 204 Å². The molecule has 1 aliphatic heterocycles. The Balaban J connectivity index is 1.04. The average Bonchev–Trinajstić information content (AvgIpc) is 3.26. The highest BCUT2D eigenvalue weighted by atomic mass is 15.0. The van der Waals surface area contributed by atoms with Gasteiger partial charge >= 0.3 is 0 Å². The van der Waals surface area contributed by atoms with Crippen LogP contribution in [-0.2, 0) is 0 Å². The van der Waals surface area contributed by atoms with E-state index in [4.69, 9.17) is 20.0 Å². The molecule has 0 amide bonds. The Kier molecular flexibility index (Phi) is 8.15. The van der Waals surface area contributed by atoms with Gasteiger partial charge in [-0.2, -0.15) is 0 Å². The molecule has 1 aliphatic rings. The second-order valence-corrected chi connectivity index (χ2v) is 14.2. The molecule has 0 radical (unpaired) electrons. The Morgan fingerprint density at radius 2 is 1.11 bits per heavy atom. The first-order valence-corrected chi connectivity index (χ1v) is 18.8. The van der Waals surface area contributed by atoms with Crippen LogP contribution in [0.2, 0.25) is 0 Å². The predicted molar refractivity (Wildman–Crippen MR) is 229 cm³/mol. The van der Waals surface area contributed by atoms with Crippen molar-refractivity contribution in [2.24, 2.45) is 9.98 Å². The van der Waals surface area contributed by atoms with Crippen LogP contribution < -0.4 is 0 Å². The third kappa shape index (κ3) is 6.18. The van der Waals surface area contributed by atoms with Crippen molar-refractivity contribution >= 4 is 44.1 Å². The molecule has 9 aromatic rings. The van der Waals surface area contributed by atoms with Crippen LogP contribution in [0, 0.1) is 6.92 Å². The number of hydrogen-bond acceptors (Lipinski definition) is 4. The zero-order valence-corrected chi connectivity index (χ0v) is 30.4. The Bertz CT molecular complexity index is 2940. The molecule has 260 valence electrons. The van der Waals surface area contributed by atoms with E-state index in [-0.39, 0.29) is 6.04 Å². The summed E-state index contributed by atoms with van der Waals surface area (Å²) in [5.74, 6) is 0.753. The minimum atomic E-state index is -0.0633. The van der Waals surface area contributed by atoms with Gasteiger partial charge in [-0.15, -0.1) is 0 Å². The summed E-state index contributed by atoms with van der Waals surface area (Å²) in [5, 5.41) is 4.58. The van der Waals surface area contributed by atoms with Crippen LogP contribution in [0.5, 0.6) is 0 Å². The summed E-state index contributed by atoms with van der Waals surface area (Å²) in [6.45, 7) is 2.17. The molecule has 0 N–H and O–H groups in total. The fraction of sp³-hybridized carbons (Fsp3) is 0.0588. The van der Waals surface area contributed by atoms with Gasteiger partial charge in [-0.05, 0) is 63.7 Å². The molecule has 3 heterocycles. The van der Waals surface area contributed by atoms with Gasteiger partial charge in [-0.1, -0.05) is 164 Å². The third-order valence-electron chi connectivity index (χ3n) is 10.7. The van der Waals surface area contributed by atoms with Gasteiger partial charge in [0.25, 0.3) is 0 Å². The van der Waals surface area contributed by atoms with Crippen molar-refractivity contribution in [2.45, 2.75) is 19.4 Å². The quantitative estimate of drug-likeness (QED) is 0.162. The number of pyridine rings is 2. The lowest BCUT2D eigenvalue weighted by Crippen LogP contribution is -2.17. The number of nitrogens with zero attached hydrogens (tertiary/aromatic N) is 4.